The number of carboxylic acid groups (broad SMARTS) is 1. The first kappa shape index (κ1) is 32.1. The fourth-order valence-electron chi connectivity index (χ4n) is 5.82. The van der Waals surface area contributed by atoms with E-state index < -0.39 is 6.09 Å². The Morgan fingerprint density at radius 2 is 1.83 bits per heavy atom. The van der Waals surface area contributed by atoms with Gasteiger partial charge in [0, 0.05) is 59.6 Å². The summed E-state index contributed by atoms with van der Waals surface area (Å²) in [6, 6.07) is 16.5. The third-order valence-corrected chi connectivity index (χ3v) is 8.94. The van der Waals surface area contributed by atoms with Gasteiger partial charge in [0.15, 0.2) is 0 Å². The number of amidine groups is 1. The van der Waals surface area contributed by atoms with Crippen molar-refractivity contribution in [2.45, 2.75) is 25.4 Å². The number of methoxy groups -OCH3 is 2. The predicted molar refractivity (Wildman–Crippen MR) is 180 cm³/mol. The first-order valence-electron chi connectivity index (χ1n) is 15.0. The van der Waals surface area contributed by atoms with Gasteiger partial charge < -0.3 is 30.1 Å². The molecular weight excluding hydrogens is 643 g/mol. The van der Waals surface area contributed by atoms with Gasteiger partial charge in [-0.15, -0.1) is 0 Å². The Balaban J connectivity index is 1.30. The second-order valence-electron chi connectivity index (χ2n) is 11.1. The zero-order chi connectivity index (χ0) is 33.1. The first-order chi connectivity index (χ1) is 22.8. The van der Waals surface area contributed by atoms with Crippen LogP contribution in [-0.2, 0) is 11.3 Å². The van der Waals surface area contributed by atoms with E-state index in [4.69, 9.17) is 37.7 Å². The zero-order valence-corrected chi connectivity index (χ0v) is 27.2. The normalized spacial score (nSPS) is 15.5. The molecule has 0 aliphatic carbocycles. The Morgan fingerprint density at radius 3 is 2.53 bits per heavy atom. The summed E-state index contributed by atoms with van der Waals surface area (Å²) in [5.74, 6) is 1.64. The lowest BCUT2D eigenvalue weighted by Crippen LogP contribution is -2.41. The number of aliphatic imine (C=N–C) groups is 1. The second kappa shape index (κ2) is 13.9. The fourth-order valence-corrected chi connectivity index (χ4v) is 6.46. The minimum absolute atomic E-state index is 0.0394. The number of aromatic nitrogens is 2. The summed E-state index contributed by atoms with van der Waals surface area (Å²) in [6.07, 6.45) is 1.56. The Bertz CT molecular complexity index is 1880. The number of hydrogen-bond donors (Lipinski definition) is 3. The van der Waals surface area contributed by atoms with Crippen LogP contribution in [0.4, 0.5) is 4.79 Å². The highest BCUT2D eigenvalue weighted by Crippen LogP contribution is 2.42. The van der Waals surface area contributed by atoms with E-state index in [2.05, 4.69) is 20.6 Å². The van der Waals surface area contributed by atoms with Gasteiger partial charge in [-0.05, 0) is 36.8 Å². The van der Waals surface area contributed by atoms with Crippen molar-refractivity contribution in [3.8, 4) is 45.3 Å². The minimum Gasteiger partial charge on any atom is -0.496 e. The van der Waals surface area contributed by atoms with Crippen LogP contribution >= 0.6 is 23.2 Å². The van der Waals surface area contributed by atoms with E-state index in [0.717, 1.165) is 23.5 Å². The number of hydrogen-bond acceptors (Lipinski definition) is 8. The van der Waals surface area contributed by atoms with Crippen LogP contribution in [0.25, 0.3) is 33.6 Å². The maximum absolute atomic E-state index is 12.0. The molecule has 4 aromatic rings. The number of carbonyl (C=O) groups is 2. The molecule has 1 fully saturated rings. The summed E-state index contributed by atoms with van der Waals surface area (Å²) in [4.78, 5) is 38.7. The third-order valence-electron chi connectivity index (χ3n) is 8.15. The van der Waals surface area contributed by atoms with E-state index in [9.17, 15) is 14.7 Å². The van der Waals surface area contributed by atoms with Crippen molar-refractivity contribution >= 4 is 41.0 Å². The Kier molecular flexibility index (Phi) is 9.46. The van der Waals surface area contributed by atoms with Crippen molar-refractivity contribution in [2.75, 3.05) is 33.9 Å². The van der Waals surface area contributed by atoms with Gasteiger partial charge in [-0.2, -0.15) is 0 Å². The monoisotopic (exact) mass is 674 g/mol. The molecule has 1 saturated heterocycles. The lowest BCUT2D eigenvalue weighted by atomic mass is 9.99. The number of nitrogens with one attached hydrogen (secondary N) is 2. The van der Waals surface area contributed by atoms with E-state index in [1.165, 1.54) is 12.0 Å². The highest BCUT2D eigenvalue weighted by atomic mass is 35.5. The standard InChI is InChI=1S/C34H32Cl2N6O5/c1-46-27-16-19(6-9-25(27)32-38-14-15-39-32)31-30(36)23(12-13-37-31)22-4-3-5-24(29(22)35)26-10-7-20(33(41-26)47-2)17-42(34(44)45)18-21-8-11-28(43)40-21/h3-7,9-10,12-13,16,21H,8,11,14-15,17-18H2,1-2H3,(H,38,39)(H,40,43)(H,44,45)/t21-/m0/s1. The average Bonchev–Trinajstić information content (AvgIpc) is 3.77. The topological polar surface area (TPSA) is 138 Å². The van der Waals surface area contributed by atoms with Crippen molar-refractivity contribution < 1.29 is 24.2 Å². The summed E-state index contributed by atoms with van der Waals surface area (Å²) in [7, 11) is 3.09. The van der Waals surface area contributed by atoms with Gasteiger partial charge in [0.25, 0.3) is 0 Å². The molecule has 2 aliphatic rings. The van der Waals surface area contributed by atoms with E-state index in [-0.39, 0.29) is 30.9 Å². The molecule has 2 aromatic heterocycles. The Morgan fingerprint density at radius 1 is 1.02 bits per heavy atom. The molecule has 13 heteroatoms. The molecule has 2 aliphatic heterocycles. The number of rotatable bonds is 10. The van der Waals surface area contributed by atoms with E-state index in [0.29, 0.717) is 68.8 Å². The van der Waals surface area contributed by atoms with Crippen LogP contribution < -0.4 is 20.1 Å². The Hall–Kier alpha value is -4.87. The van der Waals surface area contributed by atoms with Crippen molar-refractivity contribution in [1.82, 2.24) is 25.5 Å². The van der Waals surface area contributed by atoms with Gasteiger partial charge in [-0.25, -0.2) is 9.78 Å². The minimum atomic E-state index is -1.10. The molecule has 0 bridgehead atoms. The van der Waals surface area contributed by atoms with Crippen LogP contribution in [0.3, 0.4) is 0 Å². The largest absolute Gasteiger partial charge is 0.496 e. The van der Waals surface area contributed by atoms with Crippen LogP contribution in [-0.4, -0.2) is 77.7 Å². The maximum Gasteiger partial charge on any atom is 0.407 e. The van der Waals surface area contributed by atoms with Gasteiger partial charge in [-0.3, -0.25) is 14.8 Å². The van der Waals surface area contributed by atoms with Gasteiger partial charge >= 0.3 is 6.09 Å². The molecule has 2 amide bonds. The van der Waals surface area contributed by atoms with Crippen molar-refractivity contribution in [2.24, 2.45) is 4.99 Å². The van der Waals surface area contributed by atoms with Crippen molar-refractivity contribution in [3.05, 3.63) is 82.0 Å². The van der Waals surface area contributed by atoms with Crippen molar-refractivity contribution in [1.29, 1.82) is 0 Å². The summed E-state index contributed by atoms with van der Waals surface area (Å²) in [6.45, 7) is 1.71. The number of carbonyl (C=O) groups excluding carboxylic acids is 1. The molecule has 2 aromatic carbocycles. The summed E-state index contributed by atoms with van der Waals surface area (Å²) in [5.41, 5.74) is 5.34. The number of benzene rings is 2. The van der Waals surface area contributed by atoms with E-state index >= 15 is 0 Å². The number of ether oxygens (including phenoxy) is 2. The number of halogens is 2. The van der Waals surface area contributed by atoms with Crippen LogP contribution in [0.5, 0.6) is 11.6 Å². The van der Waals surface area contributed by atoms with Gasteiger partial charge in [0.1, 0.15) is 11.6 Å². The van der Waals surface area contributed by atoms with Crippen LogP contribution in [0.15, 0.2) is 65.8 Å². The first-order valence-corrected chi connectivity index (χ1v) is 15.7. The zero-order valence-electron chi connectivity index (χ0n) is 25.7. The van der Waals surface area contributed by atoms with Gasteiger partial charge in [-0.1, -0.05) is 47.5 Å². The smallest absolute Gasteiger partial charge is 0.407 e. The molecule has 3 N–H and O–H groups in total. The summed E-state index contributed by atoms with van der Waals surface area (Å²) >= 11 is 14.0. The lowest BCUT2D eigenvalue weighted by molar-refractivity contribution is -0.119. The third kappa shape index (κ3) is 6.68. The Labute approximate surface area is 281 Å². The molecule has 6 rings (SSSR count). The van der Waals surface area contributed by atoms with E-state index in [1.807, 2.05) is 42.5 Å². The van der Waals surface area contributed by atoms with Crippen LogP contribution in [0.2, 0.25) is 10.0 Å². The molecule has 0 unspecified atom stereocenters. The molecule has 47 heavy (non-hydrogen) atoms. The van der Waals surface area contributed by atoms with Crippen LogP contribution in [0.1, 0.15) is 24.0 Å². The highest BCUT2D eigenvalue weighted by molar-refractivity contribution is 6.39. The van der Waals surface area contributed by atoms with Gasteiger partial charge in [0.2, 0.25) is 11.8 Å². The van der Waals surface area contributed by atoms with Crippen LogP contribution in [0, 0.1) is 0 Å². The molecular formula is C34H32Cl2N6O5. The average molecular weight is 676 g/mol. The predicted octanol–water partition coefficient (Wildman–Crippen LogP) is 5.91. The molecule has 242 valence electrons. The van der Waals surface area contributed by atoms with Crippen molar-refractivity contribution in [3.63, 3.8) is 0 Å². The van der Waals surface area contributed by atoms with Gasteiger partial charge in [0.05, 0.1) is 54.3 Å². The maximum atomic E-state index is 12.0. The lowest BCUT2D eigenvalue weighted by Gasteiger charge is -2.23. The molecule has 1 atom stereocenters. The number of amides is 2. The molecule has 0 saturated carbocycles. The highest BCUT2D eigenvalue weighted by Gasteiger charge is 2.26. The summed E-state index contributed by atoms with van der Waals surface area (Å²) < 4.78 is 11.3. The quantitative estimate of drug-likeness (QED) is 0.189. The fraction of sp³-hybridized carbons (Fsp3) is 0.265. The van der Waals surface area contributed by atoms with E-state index in [1.54, 1.807) is 25.4 Å². The number of pyridine rings is 2. The molecule has 11 nitrogen and oxygen atoms in total. The molecule has 0 radical (unpaired) electrons. The summed E-state index contributed by atoms with van der Waals surface area (Å²) in [5, 5.41) is 16.8. The SMILES string of the molecule is COc1cc(-c2nccc(-c3cccc(-c4ccc(CN(C[C@@H]5CCC(=O)N5)C(=O)O)c(OC)n4)c3Cl)c2Cl)ccc1C1=NCCN1. The number of nitrogens with zero attached hydrogens (tertiary/aromatic N) is 4. The second-order valence-corrected chi connectivity index (χ2v) is 11.8. The molecule has 0 spiro atoms. The molecule has 4 heterocycles.